The summed E-state index contributed by atoms with van der Waals surface area (Å²) in [5, 5.41) is 0. The Morgan fingerprint density at radius 1 is 0.674 bits per heavy atom. The van der Waals surface area contributed by atoms with Crippen LogP contribution in [0.4, 0.5) is 0 Å². The number of halogens is 2. The molecule has 43 heavy (non-hydrogen) atoms. The third-order valence-electron chi connectivity index (χ3n) is 8.77. The largest absolute Gasteiger partial charge is 1.00 e. The molecular formula is C40H41Cl2Zr. The second-order valence-corrected chi connectivity index (χ2v) is 15.9. The molecule has 6 rings (SSSR count). The van der Waals surface area contributed by atoms with Crippen molar-refractivity contribution in [1.82, 2.24) is 0 Å². The normalized spacial score (nSPS) is 14.6. The van der Waals surface area contributed by atoms with Gasteiger partial charge in [0.1, 0.15) is 0 Å². The molecule has 0 aromatic heterocycles. The predicted molar refractivity (Wildman–Crippen MR) is 174 cm³/mol. The van der Waals surface area contributed by atoms with Gasteiger partial charge in [0, 0.05) is 0 Å². The molecule has 219 valence electrons. The fraction of sp³-hybridized carbons (Fsp3) is 0.275. The van der Waals surface area contributed by atoms with E-state index in [9.17, 15) is 0 Å². The van der Waals surface area contributed by atoms with E-state index >= 15 is 0 Å². The van der Waals surface area contributed by atoms with Crippen molar-refractivity contribution >= 4 is 8.78 Å². The monoisotopic (exact) mass is 681 g/mol. The van der Waals surface area contributed by atoms with Gasteiger partial charge in [0.2, 0.25) is 0 Å². The molecule has 0 amide bonds. The quantitative estimate of drug-likeness (QED) is 0.262. The van der Waals surface area contributed by atoms with Gasteiger partial charge in [0.15, 0.2) is 0 Å². The van der Waals surface area contributed by atoms with Crippen molar-refractivity contribution in [3.8, 4) is 11.1 Å². The molecular weight excluding hydrogens is 643 g/mol. The van der Waals surface area contributed by atoms with Crippen LogP contribution in [-0.4, -0.2) is 3.21 Å². The van der Waals surface area contributed by atoms with Gasteiger partial charge in [-0.2, -0.15) is 0 Å². The van der Waals surface area contributed by atoms with Crippen LogP contribution >= 0.6 is 0 Å². The van der Waals surface area contributed by atoms with E-state index in [1.165, 1.54) is 33.4 Å². The molecule has 4 aromatic rings. The minimum absolute atomic E-state index is 0. The van der Waals surface area contributed by atoms with E-state index < -0.39 is 22.8 Å². The van der Waals surface area contributed by atoms with Gasteiger partial charge in [-0.25, -0.2) is 0 Å². The summed E-state index contributed by atoms with van der Waals surface area (Å²) in [5.74, 6) is 1.43. The zero-order valence-corrected chi connectivity index (χ0v) is 30.1. The van der Waals surface area contributed by atoms with Gasteiger partial charge in [-0.3, -0.25) is 0 Å². The van der Waals surface area contributed by atoms with E-state index in [2.05, 4.69) is 145 Å². The van der Waals surface area contributed by atoms with Crippen LogP contribution in [0.5, 0.6) is 0 Å². The van der Waals surface area contributed by atoms with Crippen molar-refractivity contribution in [2.75, 3.05) is 0 Å². The number of allylic oxidation sites excluding steroid dienone is 4. The van der Waals surface area contributed by atoms with E-state index in [4.69, 9.17) is 0 Å². The first kappa shape index (κ1) is 33.6. The Bertz CT molecular complexity index is 1630. The molecule has 0 N–H and O–H groups in total. The molecule has 2 aliphatic carbocycles. The van der Waals surface area contributed by atoms with Crippen molar-refractivity contribution in [3.05, 3.63) is 148 Å². The Balaban J connectivity index is 0.00000212. The molecule has 4 aromatic carbocycles. The summed E-state index contributed by atoms with van der Waals surface area (Å²) < 4.78 is 2.06. The van der Waals surface area contributed by atoms with Gasteiger partial charge in [-0.1, -0.05) is 0 Å². The van der Waals surface area contributed by atoms with E-state index in [1.807, 2.05) is 0 Å². The molecule has 0 fully saturated rings. The van der Waals surface area contributed by atoms with Crippen molar-refractivity contribution in [1.29, 1.82) is 0 Å². The van der Waals surface area contributed by atoms with E-state index in [-0.39, 0.29) is 24.8 Å². The Kier molecular flexibility index (Phi) is 11.1. The van der Waals surface area contributed by atoms with Crippen LogP contribution in [0.15, 0.2) is 103 Å². The Hall–Kier alpha value is -2.31. The molecule has 1 atom stereocenters. The van der Waals surface area contributed by atoms with Gasteiger partial charge < -0.3 is 24.8 Å². The first-order chi connectivity index (χ1) is 19.9. The van der Waals surface area contributed by atoms with Crippen LogP contribution in [0.2, 0.25) is 0 Å². The van der Waals surface area contributed by atoms with Crippen LogP contribution in [0.1, 0.15) is 114 Å². The summed E-state index contributed by atoms with van der Waals surface area (Å²) in [5.41, 5.74) is 16.8. The average Bonchev–Trinajstić information content (AvgIpc) is 3.63. The standard InChI is InChI=1S/C27H31.C13H10.2ClH.Zr/c1-16(2)21-13-9-12-20-14-24-23(19-10-7-8-11-19)15-22(17(3)4)25(18(5)6)27(24)26(20)21;1-3-7-12(8-4-1)11-13-9-5-2-6-10-13;;;/h7-10,12-18H,11H2,1-6H3;1-10H;2*1H;/q;;;;+2/p-2. The SMILES string of the molecule is CC(C)c1cccc2c1-c1c(C(C)C)c(C(C)C)cc(C3=CC=CC3)c1[CH]2[Zr+2]=[C](c1ccccc1)c1ccccc1.[Cl-].[Cl-]. The summed E-state index contributed by atoms with van der Waals surface area (Å²) in [7, 11) is 0. The van der Waals surface area contributed by atoms with Crippen LogP contribution in [0, 0.1) is 0 Å². The minimum Gasteiger partial charge on any atom is -1.00 e. The van der Waals surface area contributed by atoms with Gasteiger partial charge in [-0.05, 0) is 0 Å². The second-order valence-electron chi connectivity index (χ2n) is 12.5. The summed E-state index contributed by atoms with van der Waals surface area (Å²) in [6.45, 7) is 14.3. The maximum atomic E-state index is 2.61. The maximum Gasteiger partial charge on any atom is -1.00 e. The van der Waals surface area contributed by atoms with E-state index in [0.717, 1.165) is 6.42 Å². The second kappa shape index (κ2) is 14.2. The number of rotatable bonds is 7. The van der Waals surface area contributed by atoms with E-state index in [0.29, 0.717) is 21.4 Å². The molecule has 1 unspecified atom stereocenters. The van der Waals surface area contributed by atoms with Crippen molar-refractivity contribution in [3.63, 3.8) is 0 Å². The van der Waals surface area contributed by atoms with Gasteiger partial charge in [-0.15, -0.1) is 0 Å². The Morgan fingerprint density at radius 3 is 1.79 bits per heavy atom. The van der Waals surface area contributed by atoms with Crippen LogP contribution in [0.25, 0.3) is 16.7 Å². The molecule has 0 radical (unpaired) electrons. The minimum atomic E-state index is -1.20. The Labute approximate surface area is 282 Å². The predicted octanol–water partition coefficient (Wildman–Crippen LogP) is 4.83. The summed E-state index contributed by atoms with van der Waals surface area (Å²) in [6.07, 6.45) is 8.00. The number of hydrogen-bond acceptors (Lipinski definition) is 0. The molecule has 0 bridgehead atoms. The molecule has 0 nitrogen and oxygen atoms in total. The average molecular weight is 684 g/mol. The molecule has 0 heterocycles. The van der Waals surface area contributed by atoms with Crippen LogP contribution in [0.3, 0.4) is 0 Å². The fourth-order valence-corrected chi connectivity index (χ4v) is 11.3. The van der Waals surface area contributed by atoms with E-state index in [1.54, 1.807) is 31.0 Å². The molecule has 2 aliphatic rings. The van der Waals surface area contributed by atoms with Crippen molar-refractivity contribution in [2.45, 2.75) is 69.3 Å². The third-order valence-corrected chi connectivity index (χ3v) is 13.1. The zero-order valence-electron chi connectivity index (χ0n) is 26.1. The number of hydrogen-bond donors (Lipinski definition) is 0. The molecule has 0 saturated carbocycles. The third kappa shape index (κ3) is 6.29. The van der Waals surface area contributed by atoms with Crippen LogP contribution in [-0.2, 0) is 22.8 Å². The van der Waals surface area contributed by atoms with Crippen molar-refractivity contribution in [2.24, 2.45) is 0 Å². The molecule has 0 spiro atoms. The zero-order chi connectivity index (χ0) is 28.7. The molecule has 0 saturated heterocycles. The number of fused-ring (bicyclic) bond motifs is 3. The number of benzene rings is 4. The smallest absolute Gasteiger partial charge is 1.00 e. The van der Waals surface area contributed by atoms with Crippen molar-refractivity contribution < 1.29 is 47.6 Å². The fourth-order valence-electron chi connectivity index (χ4n) is 6.91. The summed E-state index contributed by atoms with van der Waals surface area (Å²) in [4.78, 5) is 0. The molecule has 0 aliphatic heterocycles. The first-order valence-electron chi connectivity index (χ1n) is 15.3. The summed E-state index contributed by atoms with van der Waals surface area (Å²) >= 11 is -1.20. The Morgan fingerprint density at radius 2 is 1.28 bits per heavy atom. The van der Waals surface area contributed by atoms with Gasteiger partial charge >= 0.3 is 260 Å². The maximum absolute atomic E-state index is 2.61. The topological polar surface area (TPSA) is 0 Å². The van der Waals surface area contributed by atoms with Gasteiger partial charge in [0.25, 0.3) is 0 Å². The first-order valence-corrected chi connectivity index (χ1v) is 18.0. The summed E-state index contributed by atoms with van der Waals surface area (Å²) in [6, 6.07) is 32.3. The van der Waals surface area contributed by atoms with Crippen LogP contribution < -0.4 is 24.8 Å². The molecule has 3 heteroatoms. The van der Waals surface area contributed by atoms with Gasteiger partial charge in [0.05, 0.1) is 0 Å².